The van der Waals surface area contributed by atoms with E-state index in [9.17, 15) is 4.79 Å². The van der Waals surface area contributed by atoms with Crippen molar-refractivity contribution in [3.8, 4) is 0 Å². The lowest BCUT2D eigenvalue weighted by atomic mass is 10.0. The number of hydrogen-bond acceptors (Lipinski definition) is 2. The van der Waals surface area contributed by atoms with Gasteiger partial charge in [0.2, 0.25) is 0 Å². The summed E-state index contributed by atoms with van der Waals surface area (Å²) in [7, 11) is 0. The van der Waals surface area contributed by atoms with E-state index in [1.54, 1.807) is 11.8 Å². The predicted molar refractivity (Wildman–Crippen MR) is 50.2 cm³/mol. The van der Waals surface area contributed by atoms with Crippen molar-refractivity contribution in [1.29, 1.82) is 0 Å². The van der Waals surface area contributed by atoms with Crippen molar-refractivity contribution in [3.63, 3.8) is 0 Å². The Bertz CT molecular complexity index is 330. The molecule has 0 fully saturated rings. The number of benzene rings is 1. The monoisotopic (exact) mass is 176 g/mol. The molecule has 0 aromatic heterocycles. The lowest BCUT2D eigenvalue weighted by Crippen LogP contribution is -2.00. The van der Waals surface area contributed by atoms with Crippen molar-refractivity contribution >= 4 is 18.0 Å². The van der Waals surface area contributed by atoms with Gasteiger partial charge in [0.05, 0.1) is 5.92 Å². The second-order valence-corrected chi connectivity index (χ2v) is 3.59. The van der Waals surface area contributed by atoms with Crippen LogP contribution in [0.25, 0.3) is 0 Å². The summed E-state index contributed by atoms with van der Waals surface area (Å²) in [6.45, 7) is 0. The Balaban J connectivity index is 2.49. The fourth-order valence-corrected chi connectivity index (χ4v) is 2.17. The Morgan fingerprint density at radius 1 is 1.33 bits per heavy atom. The van der Waals surface area contributed by atoms with Crippen LogP contribution in [0, 0.1) is 0 Å². The van der Waals surface area contributed by atoms with Crippen LogP contribution >= 0.6 is 11.8 Å². The van der Waals surface area contributed by atoms with E-state index in [1.807, 2.05) is 35.7 Å². The van der Waals surface area contributed by atoms with E-state index >= 15 is 0 Å². The standard InChI is InChI=1S/C10H8OS/c11-7-8-5-6-12-10-4-2-1-3-9(8)10/h1-8H. The Kier molecular flexibility index (Phi) is 2.00. The summed E-state index contributed by atoms with van der Waals surface area (Å²) in [5, 5.41) is 1.97. The number of hydrogen-bond donors (Lipinski definition) is 0. The van der Waals surface area contributed by atoms with Gasteiger partial charge >= 0.3 is 0 Å². The molecule has 2 heteroatoms. The molecule has 0 bridgehead atoms. The maximum absolute atomic E-state index is 10.7. The minimum Gasteiger partial charge on any atom is -0.302 e. The fraction of sp³-hybridized carbons (Fsp3) is 0.100. The van der Waals surface area contributed by atoms with Crippen LogP contribution in [0.2, 0.25) is 0 Å². The molecule has 1 nitrogen and oxygen atoms in total. The molecule has 0 saturated heterocycles. The summed E-state index contributed by atoms with van der Waals surface area (Å²) < 4.78 is 0. The van der Waals surface area contributed by atoms with Gasteiger partial charge in [-0.05, 0) is 17.0 Å². The van der Waals surface area contributed by atoms with Crippen LogP contribution in [0.3, 0.4) is 0 Å². The van der Waals surface area contributed by atoms with Gasteiger partial charge in [0.25, 0.3) is 0 Å². The molecule has 1 aliphatic heterocycles. The van der Waals surface area contributed by atoms with Gasteiger partial charge < -0.3 is 4.79 Å². The first kappa shape index (κ1) is 7.62. The molecule has 0 radical (unpaired) electrons. The molecular formula is C10H8OS. The Morgan fingerprint density at radius 2 is 2.17 bits per heavy atom. The highest BCUT2D eigenvalue weighted by Crippen LogP contribution is 2.33. The third kappa shape index (κ3) is 1.18. The number of carbonyl (C=O) groups is 1. The summed E-state index contributed by atoms with van der Waals surface area (Å²) in [6, 6.07) is 8.01. The van der Waals surface area contributed by atoms with Gasteiger partial charge in [-0.15, -0.1) is 0 Å². The fourth-order valence-electron chi connectivity index (χ4n) is 1.28. The summed E-state index contributed by atoms with van der Waals surface area (Å²) >= 11 is 1.67. The average Bonchev–Trinajstić information content (AvgIpc) is 2.17. The van der Waals surface area contributed by atoms with Gasteiger partial charge in [-0.3, -0.25) is 0 Å². The topological polar surface area (TPSA) is 17.1 Å². The predicted octanol–water partition coefficient (Wildman–Crippen LogP) is 2.59. The third-order valence-corrected chi connectivity index (χ3v) is 2.82. The zero-order chi connectivity index (χ0) is 8.39. The van der Waals surface area contributed by atoms with E-state index in [4.69, 9.17) is 0 Å². The van der Waals surface area contributed by atoms with Gasteiger partial charge in [-0.25, -0.2) is 0 Å². The Hall–Kier alpha value is -1.02. The number of fused-ring (bicyclic) bond motifs is 1. The number of rotatable bonds is 1. The van der Waals surface area contributed by atoms with Crippen molar-refractivity contribution < 1.29 is 4.79 Å². The van der Waals surface area contributed by atoms with E-state index in [1.165, 1.54) is 4.90 Å². The van der Waals surface area contributed by atoms with E-state index in [0.29, 0.717) is 0 Å². The quantitative estimate of drug-likeness (QED) is 0.612. The number of allylic oxidation sites excluding steroid dienone is 1. The van der Waals surface area contributed by atoms with Crippen molar-refractivity contribution in [2.75, 3.05) is 0 Å². The first-order valence-corrected chi connectivity index (χ1v) is 4.67. The molecule has 1 heterocycles. The summed E-state index contributed by atoms with van der Waals surface area (Å²) in [4.78, 5) is 11.9. The highest BCUT2D eigenvalue weighted by atomic mass is 32.2. The summed E-state index contributed by atoms with van der Waals surface area (Å²) in [6.07, 6.45) is 2.91. The molecule has 2 rings (SSSR count). The Labute approximate surface area is 75.5 Å². The summed E-state index contributed by atoms with van der Waals surface area (Å²) in [5.74, 6) is -0.0394. The van der Waals surface area contributed by atoms with Crippen LogP contribution in [0.15, 0.2) is 40.6 Å². The number of thioether (sulfide) groups is 1. The highest BCUT2D eigenvalue weighted by molar-refractivity contribution is 8.02. The first-order chi connectivity index (χ1) is 5.92. The Morgan fingerprint density at radius 3 is 3.00 bits per heavy atom. The second-order valence-electron chi connectivity index (χ2n) is 2.65. The molecule has 1 atom stereocenters. The smallest absolute Gasteiger partial charge is 0.131 e. The lowest BCUT2D eigenvalue weighted by molar-refractivity contribution is -0.108. The van der Waals surface area contributed by atoms with Gasteiger partial charge in [0.15, 0.2) is 0 Å². The van der Waals surface area contributed by atoms with Crippen LogP contribution in [-0.4, -0.2) is 6.29 Å². The molecule has 1 unspecified atom stereocenters. The largest absolute Gasteiger partial charge is 0.302 e. The molecular weight excluding hydrogens is 168 g/mol. The number of aldehydes is 1. The molecule has 0 aliphatic carbocycles. The van der Waals surface area contributed by atoms with Crippen molar-refractivity contribution in [2.45, 2.75) is 10.8 Å². The average molecular weight is 176 g/mol. The van der Waals surface area contributed by atoms with E-state index < -0.39 is 0 Å². The lowest BCUT2D eigenvalue weighted by Gasteiger charge is -2.14. The highest BCUT2D eigenvalue weighted by Gasteiger charge is 2.14. The molecule has 0 amide bonds. The van der Waals surface area contributed by atoms with Gasteiger partial charge in [-0.1, -0.05) is 36.0 Å². The maximum atomic E-state index is 10.7. The van der Waals surface area contributed by atoms with Crippen molar-refractivity contribution in [3.05, 3.63) is 41.3 Å². The van der Waals surface area contributed by atoms with E-state index in [-0.39, 0.29) is 5.92 Å². The van der Waals surface area contributed by atoms with Crippen LogP contribution in [0.1, 0.15) is 11.5 Å². The van der Waals surface area contributed by atoms with Crippen LogP contribution < -0.4 is 0 Å². The van der Waals surface area contributed by atoms with Gasteiger partial charge in [0, 0.05) is 4.90 Å². The molecule has 1 aromatic carbocycles. The first-order valence-electron chi connectivity index (χ1n) is 3.79. The molecule has 0 spiro atoms. The molecule has 0 N–H and O–H groups in total. The molecule has 1 aliphatic rings. The van der Waals surface area contributed by atoms with Crippen LogP contribution in [-0.2, 0) is 4.79 Å². The maximum Gasteiger partial charge on any atom is 0.131 e. The number of carbonyl (C=O) groups excluding carboxylic acids is 1. The van der Waals surface area contributed by atoms with Crippen LogP contribution in [0.5, 0.6) is 0 Å². The normalized spacial score (nSPS) is 20.2. The van der Waals surface area contributed by atoms with Crippen LogP contribution in [0.4, 0.5) is 0 Å². The minimum absolute atomic E-state index is 0.0394. The van der Waals surface area contributed by atoms with Crippen molar-refractivity contribution in [1.82, 2.24) is 0 Å². The van der Waals surface area contributed by atoms with Crippen molar-refractivity contribution in [2.24, 2.45) is 0 Å². The SMILES string of the molecule is O=CC1C=CSc2ccccc21. The summed E-state index contributed by atoms with van der Waals surface area (Å²) in [5.41, 5.74) is 1.13. The third-order valence-electron chi connectivity index (χ3n) is 1.91. The molecule has 0 saturated carbocycles. The molecule has 12 heavy (non-hydrogen) atoms. The zero-order valence-electron chi connectivity index (χ0n) is 6.44. The van der Waals surface area contributed by atoms with E-state index in [0.717, 1.165) is 11.8 Å². The van der Waals surface area contributed by atoms with Gasteiger partial charge in [0.1, 0.15) is 6.29 Å². The minimum atomic E-state index is -0.0394. The molecule has 60 valence electrons. The second kappa shape index (κ2) is 3.15. The molecule has 1 aromatic rings. The zero-order valence-corrected chi connectivity index (χ0v) is 7.25. The van der Waals surface area contributed by atoms with Gasteiger partial charge in [-0.2, -0.15) is 0 Å². The van der Waals surface area contributed by atoms with E-state index in [2.05, 4.69) is 0 Å².